The largest absolute Gasteiger partial charge is 0.423 e. The van der Waals surface area contributed by atoms with Crippen LogP contribution in [0.4, 0.5) is 11.7 Å². The van der Waals surface area contributed by atoms with Crippen LogP contribution in [0, 0.1) is 15.5 Å². The van der Waals surface area contributed by atoms with Crippen LogP contribution in [0.3, 0.4) is 0 Å². The van der Waals surface area contributed by atoms with Gasteiger partial charge in [0.1, 0.15) is 0 Å². The van der Waals surface area contributed by atoms with E-state index in [9.17, 15) is 10.1 Å². The number of fused-ring (bicyclic) bond motifs is 1. The molecule has 0 unspecified atom stereocenters. The van der Waals surface area contributed by atoms with Gasteiger partial charge in [0.2, 0.25) is 0 Å². The van der Waals surface area contributed by atoms with E-state index in [1.54, 1.807) is 12.1 Å². The summed E-state index contributed by atoms with van der Waals surface area (Å²) in [5.41, 5.74) is 0.667. The number of oxazole rings is 1. The minimum atomic E-state index is -0.454. The topological polar surface area (TPSA) is 84.4 Å². The fraction of sp³-hybridized carbons (Fsp3) is 0.500. The monoisotopic (exact) mass is 292 g/mol. The Morgan fingerprint density at radius 3 is 2.76 bits per heavy atom. The lowest BCUT2D eigenvalue weighted by Crippen LogP contribution is -2.34. The molecule has 0 amide bonds. The number of hydrogen-bond acceptors (Lipinski definition) is 6. The Morgan fingerprint density at radius 2 is 2.14 bits per heavy atom. The number of aromatic nitrogens is 1. The maximum atomic E-state index is 11.0. The van der Waals surface area contributed by atoms with Crippen molar-refractivity contribution in [3.63, 3.8) is 0 Å². The molecule has 2 aromatic rings. The molecule has 1 aromatic heterocycles. The van der Waals surface area contributed by atoms with Gasteiger partial charge in [-0.25, -0.2) is 0 Å². The lowest BCUT2D eigenvalue weighted by atomic mass is 9.93. The predicted molar refractivity (Wildman–Crippen MR) is 81.5 cm³/mol. The highest BCUT2D eigenvalue weighted by molar-refractivity contribution is 5.83. The molecule has 7 heteroatoms. The van der Waals surface area contributed by atoms with E-state index in [2.05, 4.69) is 29.0 Å². The number of rotatable bonds is 6. The van der Waals surface area contributed by atoms with Gasteiger partial charge in [-0.15, -0.1) is 0 Å². The van der Waals surface area contributed by atoms with E-state index in [0.717, 1.165) is 6.54 Å². The fourth-order valence-corrected chi connectivity index (χ4v) is 2.38. The summed E-state index contributed by atoms with van der Waals surface area (Å²) in [6, 6.07) is 4.99. The summed E-state index contributed by atoms with van der Waals surface area (Å²) in [6.07, 6.45) is 0. The highest BCUT2D eigenvalue weighted by Gasteiger charge is 2.21. The molecule has 2 rings (SSSR count). The van der Waals surface area contributed by atoms with E-state index >= 15 is 0 Å². The summed E-state index contributed by atoms with van der Waals surface area (Å²) < 4.78 is 5.52. The van der Waals surface area contributed by atoms with E-state index in [-0.39, 0.29) is 16.6 Å². The van der Waals surface area contributed by atoms with Gasteiger partial charge in [-0.1, -0.05) is 19.9 Å². The van der Waals surface area contributed by atoms with Crippen LogP contribution >= 0.6 is 0 Å². The Kier molecular flexibility index (Phi) is 4.13. The first-order valence-electron chi connectivity index (χ1n) is 6.71. The van der Waals surface area contributed by atoms with Crippen LogP contribution in [0.2, 0.25) is 0 Å². The predicted octanol–water partition coefficient (Wildman–Crippen LogP) is 2.74. The molecule has 0 aliphatic rings. The minimum Gasteiger partial charge on any atom is -0.423 e. The van der Waals surface area contributed by atoms with Crippen molar-refractivity contribution >= 4 is 22.8 Å². The number of para-hydroxylation sites is 1. The normalized spacial score (nSPS) is 12.0. The highest BCUT2D eigenvalue weighted by Crippen LogP contribution is 2.28. The van der Waals surface area contributed by atoms with Crippen molar-refractivity contribution in [3.8, 4) is 0 Å². The lowest BCUT2D eigenvalue weighted by molar-refractivity contribution is -0.383. The molecule has 114 valence electrons. The fourth-order valence-electron chi connectivity index (χ4n) is 2.38. The van der Waals surface area contributed by atoms with Crippen LogP contribution < -0.4 is 5.32 Å². The number of anilines is 1. The molecule has 0 radical (unpaired) electrons. The third-order valence-electron chi connectivity index (χ3n) is 3.06. The van der Waals surface area contributed by atoms with Crippen molar-refractivity contribution in [2.45, 2.75) is 13.8 Å². The second-order valence-electron chi connectivity index (χ2n) is 6.16. The van der Waals surface area contributed by atoms with Crippen molar-refractivity contribution in [1.29, 1.82) is 0 Å². The van der Waals surface area contributed by atoms with Gasteiger partial charge in [0.15, 0.2) is 11.1 Å². The Morgan fingerprint density at radius 1 is 1.43 bits per heavy atom. The average Bonchev–Trinajstić information content (AvgIpc) is 2.77. The van der Waals surface area contributed by atoms with Crippen LogP contribution in [-0.2, 0) is 0 Å². The molecular formula is C14H20N4O3. The number of benzene rings is 1. The Hall–Kier alpha value is -2.15. The first kappa shape index (κ1) is 15.2. The van der Waals surface area contributed by atoms with E-state index in [4.69, 9.17) is 4.42 Å². The number of nitro groups is 1. The average molecular weight is 292 g/mol. The molecule has 1 N–H and O–H groups in total. The van der Waals surface area contributed by atoms with Crippen LogP contribution in [0.25, 0.3) is 11.1 Å². The molecule has 0 aliphatic carbocycles. The van der Waals surface area contributed by atoms with E-state index in [1.807, 2.05) is 14.1 Å². The van der Waals surface area contributed by atoms with Crippen molar-refractivity contribution < 1.29 is 9.34 Å². The molecule has 0 saturated carbocycles. The summed E-state index contributed by atoms with van der Waals surface area (Å²) in [5, 5.41) is 14.1. The quantitative estimate of drug-likeness (QED) is 0.651. The van der Waals surface area contributed by atoms with E-state index in [1.165, 1.54) is 6.07 Å². The number of nitrogens with zero attached hydrogens (tertiary/aromatic N) is 3. The van der Waals surface area contributed by atoms with Crippen molar-refractivity contribution in [3.05, 3.63) is 28.3 Å². The third kappa shape index (κ3) is 3.69. The summed E-state index contributed by atoms with van der Waals surface area (Å²) in [4.78, 5) is 16.8. The van der Waals surface area contributed by atoms with Crippen molar-refractivity contribution in [2.75, 3.05) is 32.5 Å². The van der Waals surface area contributed by atoms with Gasteiger partial charge in [0.05, 0.1) is 4.92 Å². The number of nitrogens with one attached hydrogen (secondary N) is 1. The van der Waals surface area contributed by atoms with Crippen LogP contribution in [-0.4, -0.2) is 42.0 Å². The third-order valence-corrected chi connectivity index (χ3v) is 3.06. The highest BCUT2D eigenvalue weighted by atomic mass is 16.6. The molecule has 1 heterocycles. The van der Waals surface area contributed by atoms with Crippen LogP contribution in [0.1, 0.15) is 13.8 Å². The Balaban J connectivity index is 2.17. The van der Waals surface area contributed by atoms with Gasteiger partial charge < -0.3 is 14.6 Å². The molecule has 0 bridgehead atoms. The molecule has 0 spiro atoms. The van der Waals surface area contributed by atoms with Gasteiger partial charge in [-0.2, -0.15) is 4.98 Å². The zero-order valence-corrected chi connectivity index (χ0v) is 12.7. The molecule has 0 fully saturated rings. The smallest absolute Gasteiger partial charge is 0.298 e. The first-order chi connectivity index (χ1) is 9.78. The molecule has 1 aromatic carbocycles. The van der Waals surface area contributed by atoms with E-state index in [0.29, 0.717) is 18.1 Å². The van der Waals surface area contributed by atoms with Crippen LogP contribution in [0.15, 0.2) is 22.6 Å². The zero-order chi connectivity index (χ0) is 15.6. The summed E-state index contributed by atoms with van der Waals surface area (Å²) in [5.74, 6) is 0. The Bertz CT molecular complexity index is 649. The Labute approximate surface area is 123 Å². The van der Waals surface area contributed by atoms with Gasteiger partial charge in [0.25, 0.3) is 11.7 Å². The van der Waals surface area contributed by atoms with Crippen molar-refractivity contribution in [1.82, 2.24) is 9.88 Å². The minimum absolute atomic E-state index is 0.0239. The maximum absolute atomic E-state index is 11.0. The van der Waals surface area contributed by atoms with Gasteiger partial charge in [0, 0.05) is 19.2 Å². The molecule has 21 heavy (non-hydrogen) atoms. The summed E-state index contributed by atoms with van der Waals surface area (Å²) >= 11 is 0. The second-order valence-corrected chi connectivity index (χ2v) is 6.16. The number of nitro benzene ring substituents is 1. The molecule has 0 atom stereocenters. The number of non-ortho nitro benzene ring substituents is 1. The first-order valence-corrected chi connectivity index (χ1v) is 6.71. The molecule has 0 aliphatic heterocycles. The summed E-state index contributed by atoms with van der Waals surface area (Å²) in [6.45, 7) is 5.82. The SMILES string of the molecule is CN(C)CC(C)(C)CNc1nc2c([N+](=O)[O-])cccc2o1. The molecule has 7 nitrogen and oxygen atoms in total. The summed E-state index contributed by atoms with van der Waals surface area (Å²) in [7, 11) is 4.04. The second kappa shape index (κ2) is 5.69. The van der Waals surface area contributed by atoms with Gasteiger partial charge in [-0.05, 0) is 25.6 Å². The molecular weight excluding hydrogens is 272 g/mol. The van der Waals surface area contributed by atoms with Crippen LogP contribution in [0.5, 0.6) is 0 Å². The lowest BCUT2D eigenvalue weighted by Gasteiger charge is -2.27. The maximum Gasteiger partial charge on any atom is 0.298 e. The molecule has 0 saturated heterocycles. The standard InChI is InChI=1S/C14H20N4O3/c1-14(2,9-17(3)4)8-15-13-16-12-10(18(19)20)6-5-7-11(12)21-13/h5-7H,8-9H2,1-4H3,(H,15,16). The van der Waals surface area contributed by atoms with Gasteiger partial charge >= 0.3 is 0 Å². The van der Waals surface area contributed by atoms with E-state index < -0.39 is 4.92 Å². The number of hydrogen-bond donors (Lipinski definition) is 1. The van der Waals surface area contributed by atoms with Gasteiger partial charge in [-0.3, -0.25) is 10.1 Å². The van der Waals surface area contributed by atoms with Crippen molar-refractivity contribution in [2.24, 2.45) is 5.41 Å². The zero-order valence-electron chi connectivity index (χ0n) is 12.7.